The first-order valence-corrected chi connectivity index (χ1v) is 9.77. The van der Waals surface area contributed by atoms with E-state index in [2.05, 4.69) is 0 Å². The summed E-state index contributed by atoms with van der Waals surface area (Å²) in [4.78, 5) is 28.4. The average Bonchev–Trinajstić information content (AvgIpc) is 3.03. The van der Waals surface area contributed by atoms with Gasteiger partial charge in [0.15, 0.2) is 0 Å². The molecule has 28 heavy (non-hydrogen) atoms. The van der Waals surface area contributed by atoms with Crippen LogP contribution in [0.15, 0.2) is 59.5 Å². The summed E-state index contributed by atoms with van der Waals surface area (Å²) < 4.78 is 6.77. The molecule has 0 saturated carbocycles. The zero-order chi connectivity index (χ0) is 19.5. The molecule has 2 aromatic carbocycles. The van der Waals surface area contributed by atoms with Gasteiger partial charge in [0.1, 0.15) is 5.75 Å². The second-order valence-corrected chi connectivity index (χ2v) is 7.17. The molecule has 4 rings (SSSR count). The molecule has 0 unspecified atom stereocenters. The molecule has 0 bridgehead atoms. The van der Waals surface area contributed by atoms with Crippen LogP contribution < -0.4 is 10.3 Å². The van der Waals surface area contributed by atoms with Gasteiger partial charge in [0.05, 0.1) is 12.7 Å². The first-order chi connectivity index (χ1) is 13.7. The van der Waals surface area contributed by atoms with E-state index in [0.29, 0.717) is 22.0 Å². The maximum atomic E-state index is 13.4. The number of ether oxygens (including phenoxy) is 1. The fourth-order valence-corrected chi connectivity index (χ4v) is 3.84. The molecule has 0 spiro atoms. The summed E-state index contributed by atoms with van der Waals surface area (Å²) in [5.74, 6) is 0.721. The van der Waals surface area contributed by atoms with Crippen molar-refractivity contribution in [2.24, 2.45) is 0 Å². The van der Waals surface area contributed by atoms with E-state index in [1.807, 2.05) is 47.4 Å². The van der Waals surface area contributed by atoms with Gasteiger partial charge in [-0.2, -0.15) is 0 Å². The molecule has 2 heterocycles. The number of aromatic nitrogens is 1. The van der Waals surface area contributed by atoms with Gasteiger partial charge in [-0.3, -0.25) is 14.2 Å². The molecule has 3 aromatic rings. The maximum Gasteiger partial charge on any atom is 0.262 e. The van der Waals surface area contributed by atoms with Gasteiger partial charge in [0.2, 0.25) is 0 Å². The highest BCUT2D eigenvalue weighted by atomic mass is 16.5. The van der Waals surface area contributed by atoms with Crippen LogP contribution in [0.25, 0.3) is 16.5 Å². The summed E-state index contributed by atoms with van der Waals surface area (Å²) in [5.41, 5.74) is 1.16. The predicted octanol–water partition coefficient (Wildman–Crippen LogP) is 4.02. The third kappa shape index (κ3) is 3.40. The highest BCUT2D eigenvalue weighted by Gasteiger charge is 2.21. The normalized spacial score (nSPS) is 14.7. The number of carbonyl (C=O) groups excluding carboxylic acids is 1. The Kier molecular flexibility index (Phi) is 5.15. The molecule has 144 valence electrons. The number of rotatable bonds is 3. The largest absolute Gasteiger partial charge is 0.497 e. The van der Waals surface area contributed by atoms with Crippen LogP contribution in [0.3, 0.4) is 0 Å². The first kappa shape index (κ1) is 18.3. The van der Waals surface area contributed by atoms with Gasteiger partial charge >= 0.3 is 0 Å². The molecule has 1 saturated heterocycles. The molecule has 0 N–H and O–H groups in total. The number of methoxy groups -OCH3 is 1. The van der Waals surface area contributed by atoms with E-state index >= 15 is 0 Å². The molecule has 1 aliphatic heterocycles. The molecule has 0 radical (unpaired) electrons. The quantitative estimate of drug-likeness (QED) is 0.694. The number of fused-ring (bicyclic) bond motifs is 1. The van der Waals surface area contributed by atoms with Crippen molar-refractivity contribution in [1.82, 2.24) is 9.47 Å². The minimum absolute atomic E-state index is 0.000335. The number of likely N-dealkylation sites (tertiary alicyclic amines) is 1. The minimum Gasteiger partial charge on any atom is -0.497 e. The number of nitrogens with zero attached hydrogens (tertiary/aromatic N) is 2. The summed E-state index contributed by atoms with van der Waals surface area (Å²) in [6.45, 7) is 1.55. The van der Waals surface area contributed by atoms with Crippen LogP contribution >= 0.6 is 0 Å². The number of hydrogen-bond donors (Lipinski definition) is 0. The lowest BCUT2D eigenvalue weighted by molar-refractivity contribution is 0.0763. The van der Waals surface area contributed by atoms with Crippen molar-refractivity contribution < 1.29 is 9.53 Å². The van der Waals surface area contributed by atoms with E-state index in [-0.39, 0.29) is 11.5 Å². The Balaban J connectivity index is 1.86. The topological polar surface area (TPSA) is 51.5 Å². The maximum absolute atomic E-state index is 13.4. The Hall–Kier alpha value is -3.08. The molecule has 5 nitrogen and oxygen atoms in total. The van der Waals surface area contributed by atoms with Gasteiger partial charge in [0, 0.05) is 35.7 Å². The van der Waals surface area contributed by atoms with E-state index in [1.165, 1.54) is 0 Å². The highest BCUT2D eigenvalue weighted by Crippen LogP contribution is 2.22. The van der Waals surface area contributed by atoms with Crippen LogP contribution in [0.5, 0.6) is 5.75 Å². The van der Waals surface area contributed by atoms with E-state index < -0.39 is 0 Å². The Morgan fingerprint density at radius 3 is 2.18 bits per heavy atom. The fraction of sp³-hybridized carbons (Fsp3) is 0.304. The van der Waals surface area contributed by atoms with E-state index in [4.69, 9.17) is 4.74 Å². The fourth-order valence-electron chi connectivity index (χ4n) is 3.84. The molecule has 0 atom stereocenters. The second-order valence-electron chi connectivity index (χ2n) is 7.17. The minimum atomic E-state index is -0.131. The third-order valence-corrected chi connectivity index (χ3v) is 5.40. The van der Waals surface area contributed by atoms with Crippen molar-refractivity contribution in [3.63, 3.8) is 0 Å². The van der Waals surface area contributed by atoms with Crippen molar-refractivity contribution in [2.75, 3.05) is 20.2 Å². The molecule has 5 heteroatoms. The number of carbonyl (C=O) groups is 1. The Labute approximate surface area is 164 Å². The molecule has 1 fully saturated rings. The number of benzene rings is 2. The number of amides is 1. The Morgan fingerprint density at radius 1 is 0.893 bits per heavy atom. The lowest BCUT2D eigenvalue weighted by atomic mass is 10.1. The molecule has 0 aliphatic carbocycles. The molecular formula is C23H24N2O3. The SMILES string of the molecule is COc1ccc(-n2cc(C(=O)N3CCCCCC3)c3ccccc3c2=O)cc1. The van der Waals surface area contributed by atoms with Gasteiger partial charge in [0.25, 0.3) is 11.5 Å². The van der Waals surface area contributed by atoms with Crippen LogP contribution in [-0.4, -0.2) is 35.6 Å². The summed E-state index contributed by atoms with van der Waals surface area (Å²) in [6, 6.07) is 14.6. The van der Waals surface area contributed by atoms with Crippen LogP contribution in [-0.2, 0) is 0 Å². The smallest absolute Gasteiger partial charge is 0.262 e. The van der Waals surface area contributed by atoms with E-state index in [1.54, 1.807) is 23.9 Å². The lowest BCUT2D eigenvalue weighted by Gasteiger charge is -2.22. The van der Waals surface area contributed by atoms with Gasteiger partial charge in [-0.25, -0.2) is 0 Å². The van der Waals surface area contributed by atoms with Crippen molar-refractivity contribution in [3.05, 3.63) is 70.6 Å². The monoisotopic (exact) mass is 376 g/mol. The summed E-state index contributed by atoms with van der Waals surface area (Å²) >= 11 is 0. The van der Waals surface area contributed by atoms with Crippen molar-refractivity contribution in [2.45, 2.75) is 25.7 Å². The van der Waals surface area contributed by atoms with Crippen LogP contribution in [0.1, 0.15) is 36.0 Å². The van der Waals surface area contributed by atoms with E-state index in [9.17, 15) is 9.59 Å². The first-order valence-electron chi connectivity index (χ1n) is 9.77. The Bertz CT molecular complexity index is 1050. The number of hydrogen-bond acceptors (Lipinski definition) is 3. The third-order valence-electron chi connectivity index (χ3n) is 5.40. The van der Waals surface area contributed by atoms with E-state index in [0.717, 1.165) is 44.5 Å². The van der Waals surface area contributed by atoms with Crippen LogP contribution in [0.2, 0.25) is 0 Å². The van der Waals surface area contributed by atoms with Gasteiger partial charge in [-0.1, -0.05) is 31.0 Å². The Morgan fingerprint density at radius 2 is 1.54 bits per heavy atom. The lowest BCUT2D eigenvalue weighted by Crippen LogP contribution is -2.33. The van der Waals surface area contributed by atoms with Gasteiger partial charge in [-0.15, -0.1) is 0 Å². The van der Waals surface area contributed by atoms with Crippen molar-refractivity contribution in [3.8, 4) is 11.4 Å². The zero-order valence-electron chi connectivity index (χ0n) is 16.1. The zero-order valence-corrected chi connectivity index (χ0v) is 16.1. The molecular weight excluding hydrogens is 352 g/mol. The average molecular weight is 376 g/mol. The summed E-state index contributed by atoms with van der Waals surface area (Å²) in [5, 5.41) is 1.27. The molecule has 1 aromatic heterocycles. The second kappa shape index (κ2) is 7.89. The van der Waals surface area contributed by atoms with Crippen LogP contribution in [0, 0.1) is 0 Å². The van der Waals surface area contributed by atoms with Crippen LogP contribution in [0.4, 0.5) is 0 Å². The number of pyridine rings is 1. The molecule has 1 aliphatic rings. The predicted molar refractivity (Wildman–Crippen MR) is 110 cm³/mol. The molecule has 1 amide bonds. The van der Waals surface area contributed by atoms with Gasteiger partial charge in [-0.05, 0) is 43.2 Å². The van der Waals surface area contributed by atoms with Crippen molar-refractivity contribution >= 4 is 16.7 Å². The standard InChI is InChI=1S/C23H24N2O3/c1-28-18-12-10-17(11-13-18)25-16-21(19-8-4-5-9-20(19)23(25)27)22(26)24-14-6-2-3-7-15-24/h4-5,8-13,16H,2-3,6-7,14-15H2,1H3. The summed E-state index contributed by atoms with van der Waals surface area (Å²) in [7, 11) is 1.61. The van der Waals surface area contributed by atoms with Gasteiger partial charge < -0.3 is 9.64 Å². The van der Waals surface area contributed by atoms with Crippen molar-refractivity contribution in [1.29, 1.82) is 0 Å². The summed E-state index contributed by atoms with van der Waals surface area (Å²) in [6.07, 6.45) is 6.08. The highest BCUT2D eigenvalue weighted by molar-refractivity contribution is 6.06.